The molecule has 1 amide bonds. The molecule has 1 rings (SSSR count). The van der Waals surface area contributed by atoms with Gasteiger partial charge in [-0.15, -0.1) is 0 Å². The highest BCUT2D eigenvalue weighted by molar-refractivity contribution is 5.78. The summed E-state index contributed by atoms with van der Waals surface area (Å²) in [5.41, 5.74) is 0. The van der Waals surface area contributed by atoms with Crippen LogP contribution in [-0.4, -0.2) is 48.2 Å². The highest BCUT2D eigenvalue weighted by Crippen LogP contribution is 2.08. The zero-order valence-corrected chi connectivity index (χ0v) is 8.78. The zero-order valence-electron chi connectivity index (χ0n) is 8.78. The lowest BCUT2D eigenvalue weighted by Gasteiger charge is -2.29. The maximum Gasteiger partial charge on any atom is 0.234 e. The molecule has 1 heterocycles. The average Bonchev–Trinajstić information content (AvgIpc) is 2.18. The number of amides is 1. The first-order valence-corrected chi connectivity index (χ1v) is 5.26. The lowest BCUT2D eigenvalue weighted by atomic mass is 10.1. The van der Waals surface area contributed by atoms with Gasteiger partial charge >= 0.3 is 0 Å². The van der Waals surface area contributed by atoms with Gasteiger partial charge in [-0.05, 0) is 19.4 Å². The van der Waals surface area contributed by atoms with Gasteiger partial charge in [-0.3, -0.25) is 9.69 Å². The van der Waals surface area contributed by atoms with Gasteiger partial charge in [0, 0.05) is 13.1 Å². The Morgan fingerprint density at radius 1 is 1.67 bits per heavy atom. The number of β-amino-alcohol motifs (C(OH)–C–C–N with tert-alkyl or cyclic N) is 1. The molecule has 84 valence electrons. The second-order valence-corrected chi connectivity index (χ2v) is 3.79. The number of likely N-dealkylation sites (tertiary alicyclic amines) is 1. The summed E-state index contributed by atoms with van der Waals surface area (Å²) in [6.45, 7) is 2.17. The number of nitriles is 1. The first kappa shape index (κ1) is 12.0. The second-order valence-electron chi connectivity index (χ2n) is 3.79. The van der Waals surface area contributed by atoms with Gasteiger partial charge in [0.25, 0.3) is 0 Å². The van der Waals surface area contributed by atoms with Gasteiger partial charge < -0.3 is 10.4 Å². The molecule has 0 radical (unpaired) electrons. The molecule has 5 heteroatoms. The molecule has 0 aliphatic carbocycles. The molecule has 0 aromatic heterocycles. The van der Waals surface area contributed by atoms with Gasteiger partial charge in [-0.25, -0.2) is 0 Å². The first-order valence-electron chi connectivity index (χ1n) is 5.26. The number of hydrogen-bond acceptors (Lipinski definition) is 4. The highest BCUT2D eigenvalue weighted by Gasteiger charge is 2.19. The first-order chi connectivity index (χ1) is 7.22. The van der Waals surface area contributed by atoms with Gasteiger partial charge in [-0.2, -0.15) is 5.26 Å². The fraction of sp³-hybridized carbons (Fsp3) is 0.800. The molecular weight excluding hydrogens is 194 g/mol. The molecule has 1 atom stereocenters. The number of hydrogen-bond donors (Lipinski definition) is 2. The van der Waals surface area contributed by atoms with E-state index in [1.54, 1.807) is 0 Å². The third-order valence-electron chi connectivity index (χ3n) is 2.41. The van der Waals surface area contributed by atoms with Gasteiger partial charge in [0.15, 0.2) is 0 Å². The minimum Gasteiger partial charge on any atom is -0.392 e. The molecule has 1 fully saturated rings. The van der Waals surface area contributed by atoms with Crippen LogP contribution < -0.4 is 5.32 Å². The van der Waals surface area contributed by atoms with Crippen LogP contribution in [-0.2, 0) is 4.79 Å². The summed E-state index contributed by atoms with van der Waals surface area (Å²) >= 11 is 0. The van der Waals surface area contributed by atoms with Crippen molar-refractivity contribution in [1.82, 2.24) is 10.2 Å². The predicted molar refractivity (Wildman–Crippen MR) is 54.9 cm³/mol. The Bertz CT molecular complexity index is 250. The SMILES string of the molecule is N#CCCNC(=O)CN1CCC[C@H](O)C1. The van der Waals surface area contributed by atoms with Crippen LogP contribution in [0.2, 0.25) is 0 Å². The normalized spacial score (nSPS) is 22.0. The molecule has 1 saturated heterocycles. The Morgan fingerprint density at radius 3 is 3.13 bits per heavy atom. The van der Waals surface area contributed by atoms with Crippen LogP contribution in [0.25, 0.3) is 0 Å². The number of nitrogens with one attached hydrogen (secondary N) is 1. The standard InChI is InChI=1S/C10H17N3O2/c11-4-2-5-12-10(15)8-13-6-1-3-9(14)7-13/h9,14H,1-3,5-8H2,(H,12,15)/t9-/m0/s1. The Balaban J connectivity index is 2.16. The number of nitrogens with zero attached hydrogens (tertiary/aromatic N) is 2. The van der Waals surface area contributed by atoms with E-state index in [4.69, 9.17) is 5.26 Å². The summed E-state index contributed by atoms with van der Waals surface area (Å²) in [6, 6.07) is 1.97. The van der Waals surface area contributed by atoms with Crippen LogP contribution >= 0.6 is 0 Å². The Hall–Kier alpha value is -1.12. The number of aliphatic hydroxyl groups excluding tert-OH is 1. The number of piperidine rings is 1. The Morgan fingerprint density at radius 2 is 2.47 bits per heavy atom. The molecule has 1 aliphatic rings. The molecular formula is C10H17N3O2. The van der Waals surface area contributed by atoms with E-state index in [1.165, 1.54) is 0 Å². The van der Waals surface area contributed by atoms with Crippen LogP contribution in [0.5, 0.6) is 0 Å². The lowest BCUT2D eigenvalue weighted by molar-refractivity contribution is -0.122. The fourth-order valence-corrected chi connectivity index (χ4v) is 1.69. The molecule has 5 nitrogen and oxygen atoms in total. The maximum absolute atomic E-state index is 11.3. The maximum atomic E-state index is 11.3. The molecule has 1 aliphatic heterocycles. The van der Waals surface area contributed by atoms with Gasteiger partial charge in [0.2, 0.25) is 5.91 Å². The molecule has 0 bridgehead atoms. The van der Waals surface area contributed by atoms with Crippen molar-refractivity contribution in [3.63, 3.8) is 0 Å². The molecule has 0 saturated carbocycles. The third-order valence-corrected chi connectivity index (χ3v) is 2.41. The monoisotopic (exact) mass is 211 g/mol. The van der Waals surface area contributed by atoms with E-state index in [9.17, 15) is 9.90 Å². The van der Waals surface area contributed by atoms with Crippen molar-refractivity contribution in [2.75, 3.05) is 26.2 Å². The Kier molecular flexibility index (Phi) is 5.08. The van der Waals surface area contributed by atoms with Crippen LogP contribution in [0.15, 0.2) is 0 Å². The summed E-state index contributed by atoms with van der Waals surface area (Å²) in [6.07, 6.45) is 1.80. The number of aliphatic hydroxyl groups is 1. The third kappa shape index (κ3) is 4.77. The molecule has 0 spiro atoms. The van der Waals surface area contributed by atoms with Crippen molar-refractivity contribution in [2.45, 2.75) is 25.4 Å². The number of rotatable bonds is 4. The zero-order chi connectivity index (χ0) is 11.1. The lowest BCUT2D eigenvalue weighted by Crippen LogP contribution is -2.44. The number of carbonyl (C=O) groups excluding carboxylic acids is 1. The van der Waals surface area contributed by atoms with E-state index in [0.29, 0.717) is 26.1 Å². The minimum atomic E-state index is -0.300. The summed E-state index contributed by atoms with van der Waals surface area (Å²) in [5.74, 6) is -0.0700. The molecule has 0 aromatic rings. The molecule has 15 heavy (non-hydrogen) atoms. The van der Waals surface area contributed by atoms with E-state index < -0.39 is 0 Å². The van der Waals surface area contributed by atoms with E-state index in [0.717, 1.165) is 19.4 Å². The topological polar surface area (TPSA) is 76.4 Å². The van der Waals surface area contributed by atoms with E-state index in [2.05, 4.69) is 5.32 Å². The summed E-state index contributed by atoms with van der Waals surface area (Å²) in [5, 5.41) is 20.3. The summed E-state index contributed by atoms with van der Waals surface area (Å²) < 4.78 is 0. The smallest absolute Gasteiger partial charge is 0.234 e. The van der Waals surface area contributed by atoms with Gasteiger partial charge in [-0.1, -0.05) is 0 Å². The van der Waals surface area contributed by atoms with E-state index >= 15 is 0 Å². The van der Waals surface area contributed by atoms with Crippen molar-refractivity contribution < 1.29 is 9.90 Å². The van der Waals surface area contributed by atoms with Crippen molar-refractivity contribution >= 4 is 5.91 Å². The number of carbonyl (C=O) groups is 1. The average molecular weight is 211 g/mol. The van der Waals surface area contributed by atoms with Gasteiger partial charge in [0.1, 0.15) is 0 Å². The van der Waals surface area contributed by atoms with E-state index in [1.807, 2.05) is 11.0 Å². The van der Waals surface area contributed by atoms with Crippen LogP contribution in [0.1, 0.15) is 19.3 Å². The molecule has 0 aromatic carbocycles. The summed E-state index contributed by atoms with van der Waals surface area (Å²) in [7, 11) is 0. The second kappa shape index (κ2) is 6.38. The predicted octanol–water partition coefficient (Wildman–Crippen LogP) is -0.527. The van der Waals surface area contributed by atoms with Crippen LogP contribution in [0.4, 0.5) is 0 Å². The van der Waals surface area contributed by atoms with Gasteiger partial charge in [0.05, 0.1) is 25.1 Å². The fourth-order valence-electron chi connectivity index (χ4n) is 1.69. The van der Waals surface area contributed by atoms with Crippen LogP contribution in [0.3, 0.4) is 0 Å². The van der Waals surface area contributed by atoms with Crippen molar-refractivity contribution in [1.29, 1.82) is 5.26 Å². The minimum absolute atomic E-state index is 0.0700. The van der Waals surface area contributed by atoms with Crippen molar-refractivity contribution in [3.05, 3.63) is 0 Å². The van der Waals surface area contributed by atoms with E-state index in [-0.39, 0.29) is 12.0 Å². The quantitative estimate of drug-likeness (QED) is 0.613. The Labute approximate surface area is 89.7 Å². The van der Waals surface area contributed by atoms with Crippen LogP contribution in [0, 0.1) is 11.3 Å². The highest BCUT2D eigenvalue weighted by atomic mass is 16.3. The van der Waals surface area contributed by atoms with Crippen molar-refractivity contribution in [3.8, 4) is 6.07 Å². The largest absolute Gasteiger partial charge is 0.392 e. The summed E-state index contributed by atoms with van der Waals surface area (Å²) in [4.78, 5) is 13.3. The molecule has 2 N–H and O–H groups in total. The molecule has 0 unspecified atom stereocenters. The van der Waals surface area contributed by atoms with Crippen molar-refractivity contribution in [2.24, 2.45) is 0 Å².